The van der Waals surface area contributed by atoms with E-state index in [0.717, 1.165) is 24.3 Å². The first-order valence-corrected chi connectivity index (χ1v) is 6.68. The third kappa shape index (κ3) is 6.14. The molecule has 104 valence electrons. The summed E-state index contributed by atoms with van der Waals surface area (Å²) < 4.78 is 10.9. The lowest BCUT2D eigenvalue weighted by Gasteiger charge is -2.08. The normalized spacial score (nSPS) is 11.1. The minimum atomic E-state index is 0.584. The van der Waals surface area contributed by atoms with Crippen LogP contribution in [0, 0.1) is 0 Å². The van der Waals surface area contributed by atoms with Crippen molar-refractivity contribution in [2.45, 2.75) is 33.6 Å². The molecule has 0 fully saturated rings. The quantitative estimate of drug-likeness (QED) is 0.658. The summed E-state index contributed by atoms with van der Waals surface area (Å²) in [6, 6.07) is 7.71. The molecule has 1 aromatic rings. The lowest BCUT2D eigenvalue weighted by Crippen LogP contribution is -1.97. The van der Waals surface area contributed by atoms with Crippen molar-refractivity contribution >= 4 is 0 Å². The lowest BCUT2D eigenvalue weighted by molar-refractivity contribution is 0.325. The Kier molecular flexibility index (Phi) is 6.80. The Labute approximate surface area is 116 Å². The second-order valence-corrected chi connectivity index (χ2v) is 4.83. The van der Waals surface area contributed by atoms with Crippen LogP contribution in [0.4, 0.5) is 0 Å². The van der Waals surface area contributed by atoms with Gasteiger partial charge in [-0.2, -0.15) is 0 Å². The maximum atomic E-state index is 5.71. The first-order valence-electron chi connectivity index (χ1n) is 6.68. The van der Waals surface area contributed by atoms with Gasteiger partial charge in [-0.1, -0.05) is 29.4 Å². The zero-order valence-electron chi connectivity index (χ0n) is 12.4. The molecule has 0 atom stereocenters. The summed E-state index contributed by atoms with van der Waals surface area (Å²) in [5.41, 5.74) is 2.73. The molecule has 0 saturated heterocycles. The number of para-hydroxylation sites is 2. The van der Waals surface area contributed by atoms with Crippen molar-refractivity contribution < 1.29 is 9.47 Å². The van der Waals surface area contributed by atoms with Gasteiger partial charge in [0, 0.05) is 0 Å². The fraction of sp³-hybridized carbons (Fsp3) is 0.412. The highest BCUT2D eigenvalue weighted by Crippen LogP contribution is 2.25. The molecule has 0 unspecified atom stereocenters. The van der Waals surface area contributed by atoms with Crippen molar-refractivity contribution in [1.29, 1.82) is 0 Å². The minimum absolute atomic E-state index is 0.584. The standard InChI is InChI=1S/C17H24O2/c1-14(2)8-7-9-15(3)12-13-19-17-11-6-5-10-16(17)18-4/h5-6,8,10-12H,7,9,13H2,1-4H3/b15-12+. The molecule has 0 aliphatic heterocycles. The summed E-state index contributed by atoms with van der Waals surface area (Å²) in [4.78, 5) is 0. The predicted octanol–water partition coefficient (Wildman–Crippen LogP) is 4.77. The second kappa shape index (κ2) is 8.41. The van der Waals surface area contributed by atoms with Gasteiger partial charge in [-0.05, 0) is 51.8 Å². The lowest BCUT2D eigenvalue weighted by atomic mass is 10.1. The molecular weight excluding hydrogens is 236 g/mol. The second-order valence-electron chi connectivity index (χ2n) is 4.83. The molecule has 2 nitrogen and oxygen atoms in total. The first kappa shape index (κ1) is 15.4. The van der Waals surface area contributed by atoms with E-state index in [2.05, 4.69) is 32.9 Å². The third-order valence-electron chi connectivity index (χ3n) is 2.83. The van der Waals surface area contributed by atoms with Crippen LogP contribution >= 0.6 is 0 Å². The Balaban J connectivity index is 2.42. The van der Waals surface area contributed by atoms with E-state index in [-0.39, 0.29) is 0 Å². The predicted molar refractivity (Wildman–Crippen MR) is 80.9 cm³/mol. The average Bonchev–Trinajstić information content (AvgIpc) is 2.39. The molecule has 0 saturated carbocycles. The van der Waals surface area contributed by atoms with Crippen molar-refractivity contribution in [3.05, 3.63) is 47.6 Å². The summed E-state index contributed by atoms with van der Waals surface area (Å²) in [5, 5.41) is 0. The molecule has 0 aromatic heterocycles. The molecule has 0 spiro atoms. The van der Waals surface area contributed by atoms with Gasteiger partial charge in [-0.15, -0.1) is 0 Å². The molecule has 0 heterocycles. The van der Waals surface area contributed by atoms with E-state index in [9.17, 15) is 0 Å². The van der Waals surface area contributed by atoms with Gasteiger partial charge in [0.1, 0.15) is 6.61 Å². The van der Waals surface area contributed by atoms with Gasteiger partial charge in [0.2, 0.25) is 0 Å². The van der Waals surface area contributed by atoms with Crippen molar-refractivity contribution in [2.24, 2.45) is 0 Å². The van der Waals surface area contributed by atoms with E-state index in [1.165, 1.54) is 11.1 Å². The SMILES string of the molecule is COc1ccccc1OC/C=C(\C)CCC=C(C)C. The van der Waals surface area contributed by atoms with Gasteiger partial charge in [0.15, 0.2) is 11.5 Å². The highest BCUT2D eigenvalue weighted by atomic mass is 16.5. The fourth-order valence-electron chi connectivity index (χ4n) is 1.70. The average molecular weight is 260 g/mol. The maximum absolute atomic E-state index is 5.71. The highest BCUT2D eigenvalue weighted by Gasteiger charge is 2.00. The largest absolute Gasteiger partial charge is 0.493 e. The van der Waals surface area contributed by atoms with Crippen molar-refractivity contribution in [3.63, 3.8) is 0 Å². The fourth-order valence-corrected chi connectivity index (χ4v) is 1.70. The Morgan fingerprint density at radius 1 is 1.05 bits per heavy atom. The van der Waals surface area contributed by atoms with Crippen LogP contribution in [0.15, 0.2) is 47.6 Å². The number of hydrogen-bond acceptors (Lipinski definition) is 2. The van der Waals surface area contributed by atoms with Crippen LogP contribution in [0.1, 0.15) is 33.6 Å². The van der Waals surface area contributed by atoms with Gasteiger partial charge in [-0.3, -0.25) is 0 Å². The Morgan fingerprint density at radius 3 is 2.37 bits per heavy atom. The van der Waals surface area contributed by atoms with Gasteiger partial charge >= 0.3 is 0 Å². The van der Waals surface area contributed by atoms with Gasteiger partial charge in [0.25, 0.3) is 0 Å². The molecular formula is C17H24O2. The zero-order chi connectivity index (χ0) is 14.1. The number of methoxy groups -OCH3 is 1. The summed E-state index contributed by atoms with van der Waals surface area (Å²) >= 11 is 0. The van der Waals surface area contributed by atoms with E-state index in [1.807, 2.05) is 24.3 Å². The number of benzene rings is 1. The monoisotopic (exact) mass is 260 g/mol. The van der Waals surface area contributed by atoms with Crippen LogP contribution in [0.25, 0.3) is 0 Å². The number of allylic oxidation sites excluding steroid dienone is 3. The summed E-state index contributed by atoms with van der Waals surface area (Å²) in [5.74, 6) is 1.57. The van der Waals surface area contributed by atoms with Gasteiger partial charge in [-0.25, -0.2) is 0 Å². The van der Waals surface area contributed by atoms with Crippen LogP contribution in [0.3, 0.4) is 0 Å². The van der Waals surface area contributed by atoms with Gasteiger partial charge < -0.3 is 9.47 Å². The van der Waals surface area contributed by atoms with Crippen LogP contribution in [0.5, 0.6) is 11.5 Å². The molecule has 0 radical (unpaired) electrons. The van der Waals surface area contributed by atoms with Crippen LogP contribution in [-0.4, -0.2) is 13.7 Å². The summed E-state index contributed by atoms with van der Waals surface area (Å²) in [7, 11) is 1.66. The number of hydrogen-bond donors (Lipinski definition) is 0. The molecule has 0 aliphatic carbocycles. The summed E-state index contributed by atoms with van der Waals surface area (Å²) in [6.45, 7) is 6.99. The van der Waals surface area contributed by atoms with E-state index < -0.39 is 0 Å². The zero-order valence-corrected chi connectivity index (χ0v) is 12.4. The van der Waals surface area contributed by atoms with Crippen molar-refractivity contribution in [3.8, 4) is 11.5 Å². The van der Waals surface area contributed by atoms with E-state index in [4.69, 9.17) is 9.47 Å². The molecule has 0 N–H and O–H groups in total. The molecule has 0 bridgehead atoms. The number of rotatable bonds is 7. The topological polar surface area (TPSA) is 18.5 Å². The molecule has 1 rings (SSSR count). The summed E-state index contributed by atoms with van der Waals surface area (Å²) in [6.07, 6.45) is 6.57. The molecule has 1 aromatic carbocycles. The van der Waals surface area contributed by atoms with E-state index >= 15 is 0 Å². The van der Waals surface area contributed by atoms with Crippen molar-refractivity contribution in [1.82, 2.24) is 0 Å². The van der Waals surface area contributed by atoms with Crippen LogP contribution < -0.4 is 9.47 Å². The maximum Gasteiger partial charge on any atom is 0.161 e. The Hall–Kier alpha value is -1.70. The van der Waals surface area contributed by atoms with Crippen LogP contribution in [-0.2, 0) is 0 Å². The Bertz CT molecular complexity index is 440. The Morgan fingerprint density at radius 2 is 1.74 bits per heavy atom. The highest BCUT2D eigenvalue weighted by molar-refractivity contribution is 5.39. The van der Waals surface area contributed by atoms with E-state index in [1.54, 1.807) is 7.11 Å². The molecule has 2 heteroatoms. The van der Waals surface area contributed by atoms with Crippen LogP contribution in [0.2, 0.25) is 0 Å². The van der Waals surface area contributed by atoms with E-state index in [0.29, 0.717) is 6.61 Å². The number of ether oxygens (including phenoxy) is 2. The molecule has 0 aliphatic rings. The van der Waals surface area contributed by atoms with Crippen molar-refractivity contribution in [2.75, 3.05) is 13.7 Å². The molecule has 0 amide bonds. The molecule has 19 heavy (non-hydrogen) atoms. The third-order valence-corrected chi connectivity index (χ3v) is 2.83. The first-order chi connectivity index (χ1) is 9.13. The minimum Gasteiger partial charge on any atom is -0.493 e. The smallest absolute Gasteiger partial charge is 0.161 e. The van der Waals surface area contributed by atoms with Gasteiger partial charge in [0.05, 0.1) is 7.11 Å².